The number of carbonyl (C=O) groups is 2. The van der Waals surface area contributed by atoms with Crippen LogP contribution < -0.4 is 10.2 Å². The van der Waals surface area contributed by atoms with Crippen molar-refractivity contribution in [2.45, 2.75) is 25.3 Å². The van der Waals surface area contributed by atoms with Crippen LogP contribution in [-0.2, 0) is 11.2 Å². The van der Waals surface area contributed by atoms with Crippen LogP contribution in [0.3, 0.4) is 0 Å². The number of nitrogens with zero attached hydrogens (tertiary/aromatic N) is 2. The molecule has 0 aliphatic carbocycles. The molecule has 0 aromatic heterocycles. The van der Waals surface area contributed by atoms with Gasteiger partial charge in [0.1, 0.15) is 6.04 Å². The fourth-order valence-electron chi connectivity index (χ4n) is 3.30. The molecule has 1 aliphatic rings. The number of hydrogen-bond donors (Lipinski definition) is 1. The van der Waals surface area contributed by atoms with Gasteiger partial charge in [-0.3, -0.25) is 4.79 Å². The molecule has 1 aliphatic heterocycles. The number of rotatable bonds is 5. The molecule has 3 rings (SSSR count). The number of para-hydroxylation sites is 1. The van der Waals surface area contributed by atoms with E-state index >= 15 is 0 Å². The molecule has 136 valence electrons. The normalized spacial score (nSPS) is 17.0. The summed E-state index contributed by atoms with van der Waals surface area (Å²) in [6, 6.07) is 19.1. The first-order chi connectivity index (χ1) is 12.7. The predicted octanol–water partition coefficient (Wildman–Crippen LogP) is 3.07. The minimum Gasteiger partial charge on any atom is -0.338 e. The molecule has 26 heavy (non-hydrogen) atoms. The van der Waals surface area contributed by atoms with Crippen molar-refractivity contribution in [3.63, 3.8) is 0 Å². The predicted molar refractivity (Wildman–Crippen MR) is 103 cm³/mol. The second kappa shape index (κ2) is 8.52. The molecule has 5 nitrogen and oxygen atoms in total. The molecule has 0 radical (unpaired) electrons. The van der Waals surface area contributed by atoms with Crippen LogP contribution in [0, 0.1) is 0 Å². The molecular formula is C21H25N3O2. The highest BCUT2D eigenvalue weighted by Crippen LogP contribution is 2.23. The van der Waals surface area contributed by atoms with Crippen molar-refractivity contribution in [3.8, 4) is 0 Å². The summed E-state index contributed by atoms with van der Waals surface area (Å²) < 4.78 is 0. The standard InChI is InChI=1S/C21H25N3O2/c1-23(21(26)22-15-14-17-9-4-2-5-10-17)19-13-8-16-24(20(19)25)18-11-6-3-7-12-18/h2-7,9-12,19H,8,13-16H2,1H3,(H,22,26). The lowest BCUT2D eigenvalue weighted by atomic mass is 10.0. The van der Waals surface area contributed by atoms with Gasteiger partial charge in [0, 0.05) is 25.8 Å². The second-order valence-corrected chi connectivity index (χ2v) is 6.56. The summed E-state index contributed by atoms with van der Waals surface area (Å²) in [6.07, 6.45) is 2.35. The van der Waals surface area contributed by atoms with Crippen molar-refractivity contribution < 1.29 is 9.59 Å². The van der Waals surface area contributed by atoms with Crippen LogP contribution in [0.15, 0.2) is 60.7 Å². The van der Waals surface area contributed by atoms with Gasteiger partial charge in [-0.25, -0.2) is 4.79 Å². The number of benzene rings is 2. The zero-order valence-corrected chi connectivity index (χ0v) is 15.1. The lowest BCUT2D eigenvalue weighted by Crippen LogP contribution is -2.55. The van der Waals surface area contributed by atoms with Gasteiger partial charge in [-0.15, -0.1) is 0 Å². The summed E-state index contributed by atoms with van der Waals surface area (Å²) in [5, 5.41) is 2.92. The number of amides is 3. The topological polar surface area (TPSA) is 52.7 Å². The van der Waals surface area contributed by atoms with Crippen LogP contribution in [0.5, 0.6) is 0 Å². The average molecular weight is 351 g/mol. The fraction of sp³-hybridized carbons (Fsp3) is 0.333. The zero-order chi connectivity index (χ0) is 18.4. The van der Waals surface area contributed by atoms with E-state index in [4.69, 9.17) is 0 Å². The van der Waals surface area contributed by atoms with Gasteiger partial charge in [0.2, 0.25) is 5.91 Å². The molecule has 5 heteroatoms. The van der Waals surface area contributed by atoms with Crippen LogP contribution in [0.4, 0.5) is 10.5 Å². The first kappa shape index (κ1) is 18.0. The van der Waals surface area contributed by atoms with Gasteiger partial charge in [0.25, 0.3) is 0 Å². The highest BCUT2D eigenvalue weighted by molar-refractivity contribution is 5.99. The molecule has 1 fully saturated rings. The van der Waals surface area contributed by atoms with Gasteiger partial charge in [0.05, 0.1) is 0 Å². The zero-order valence-electron chi connectivity index (χ0n) is 15.1. The van der Waals surface area contributed by atoms with Crippen LogP contribution >= 0.6 is 0 Å². The number of nitrogens with one attached hydrogen (secondary N) is 1. The third-order valence-electron chi connectivity index (χ3n) is 4.80. The van der Waals surface area contributed by atoms with E-state index in [2.05, 4.69) is 5.32 Å². The summed E-state index contributed by atoms with van der Waals surface area (Å²) in [5.41, 5.74) is 2.07. The highest BCUT2D eigenvalue weighted by atomic mass is 16.2. The number of anilines is 1. The molecule has 1 N–H and O–H groups in total. The van der Waals surface area contributed by atoms with Crippen molar-refractivity contribution in [1.29, 1.82) is 0 Å². The summed E-state index contributed by atoms with van der Waals surface area (Å²) in [6.45, 7) is 1.25. The van der Waals surface area contributed by atoms with Crippen LogP contribution in [0.2, 0.25) is 0 Å². The first-order valence-electron chi connectivity index (χ1n) is 9.08. The van der Waals surface area contributed by atoms with E-state index in [1.165, 1.54) is 5.56 Å². The molecule has 2 aromatic rings. The van der Waals surface area contributed by atoms with Gasteiger partial charge >= 0.3 is 6.03 Å². The highest BCUT2D eigenvalue weighted by Gasteiger charge is 2.34. The SMILES string of the molecule is CN(C(=O)NCCc1ccccc1)C1CCCN(c2ccccc2)C1=O. The van der Waals surface area contributed by atoms with Gasteiger partial charge in [-0.1, -0.05) is 48.5 Å². The van der Waals surface area contributed by atoms with Gasteiger partial charge in [-0.05, 0) is 37.0 Å². The van der Waals surface area contributed by atoms with Crippen molar-refractivity contribution in [3.05, 3.63) is 66.2 Å². The summed E-state index contributed by atoms with van der Waals surface area (Å²) in [7, 11) is 1.70. The number of likely N-dealkylation sites (N-methyl/N-ethyl adjacent to an activating group) is 1. The van der Waals surface area contributed by atoms with Crippen molar-refractivity contribution in [2.75, 3.05) is 25.0 Å². The quantitative estimate of drug-likeness (QED) is 0.900. The Balaban J connectivity index is 1.56. The Kier molecular flexibility index (Phi) is 5.89. The summed E-state index contributed by atoms with van der Waals surface area (Å²) >= 11 is 0. The third kappa shape index (κ3) is 4.23. The van der Waals surface area contributed by atoms with Crippen LogP contribution in [0.25, 0.3) is 0 Å². The molecule has 1 unspecified atom stereocenters. The smallest absolute Gasteiger partial charge is 0.317 e. The first-order valence-corrected chi connectivity index (χ1v) is 9.08. The molecule has 0 spiro atoms. The molecule has 2 aromatic carbocycles. The number of piperidine rings is 1. The Morgan fingerprint density at radius 1 is 1.12 bits per heavy atom. The van der Waals surface area contributed by atoms with E-state index in [9.17, 15) is 9.59 Å². The lowest BCUT2D eigenvalue weighted by molar-refractivity contribution is -0.123. The molecule has 1 saturated heterocycles. The van der Waals surface area contributed by atoms with Crippen molar-refractivity contribution in [2.24, 2.45) is 0 Å². The Morgan fingerprint density at radius 3 is 2.46 bits per heavy atom. The monoisotopic (exact) mass is 351 g/mol. The molecule has 0 saturated carbocycles. The maximum atomic E-state index is 12.9. The number of hydrogen-bond acceptors (Lipinski definition) is 2. The maximum absolute atomic E-state index is 12.9. The van der Waals surface area contributed by atoms with Gasteiger partial charge in [-0.2, -0.15) is 0 Å². The van der Waals surface area contributed by atoms with Gasteiger partial charge < -0.3 is 15.1 Å². The molecule has 3 amide bonds. The Labute approximate surface area is 154 Å². The van der Waals surface area contributed by atoms with Crippen LogP contribution in [0.1, 0.15) is 18.4 Å². The van der Waals surface area contributed by atoms with Crippen molar-refractivity contribution in [1.82, 2.24) is 10.2 Å². The summed E-state index contributed by atoms with van der Waals surface area (Å²) in [5.74, 6) is -0.0110. The molecule has 1 atom stereocenters. The van der Waals surface area contributed by atoms with E-state index < -0.39 is 6.04 Å². The van der Waals surface area contributed by atoms with E-state index in [1.807, 2.05) is 60.7 Å². The fourth-order valence-corrected chi connectivity index (χ4v) is 3.30. The van der Waals surface area contributed by atoms with Crippen LogP contribution in [-0.4, -0.2) is 43.0 Å². The van der Waals surface area contributed by atoms with Gasteiger partial charge in [0.15, 0.2) is 0 Å². The minimum atomic E-state index is -0.416. The number of carbonyl (C=O) groups excluding carboxylic acids is 2. The average Bonchev–Trinajstić information content (AvgIpc) is 2.69. The van der Waals surface area contributed by atoms with E-state index in [0.717, 1.165) is 18.5 Å². The maximum Gasteiger partial charge on any atom is 0.317 e. The van der Waals surface area contributed by atoms with E-state index in [0.29, 0.717) is 19.5 Å². The Bertz CT molecular complexity index is 733. The van der Waals surface area contributed by atoms with E-state index in [1.54, 1.807) is 16.8 Å². The minimum absolute atomic E-state index is 0.0110. The molecular weight excluding hydrogens is 326 g/mol. The largest absolute Gasteiger partial charge is 0.338 e. The Hall–Kier alpha value is -2.82. The number of urea groups is 1. The Morgan fingerprint density at radius 2 is 1.77 bits per heavy atom. The molecule has 1 heterocycles. The van der Waals surface area contributed by atoms with E-state index in [-0.39, 0.29) is 11.9 Å². The second-order valence-electron chi connectivity index (χ2n) is 6.56. The third-order valence-corrected chi connectivity index (χ3v) is 4.80. The molecule has 0 bridgehead atoms. The van der Waals surface area contributed by atoms with Crippen molar-refractivity contribution >= 4 is 17.6 Å². The summed E-state index contributed by atoms with van der Waals surface area (Å²) in [4.78, 5) is 28.7. The lowest BCUT2D eigenvalue weighted by Gasteiger charge is -2.36.